The molecule has 0 saturated heterocycles. The average Bonchev–Trinajstić information content (AvgIpc) is 2.91. The molecule has 1 atom stereocenters. The molecule has 2 aromatic rings. The Kier molecular flexibility index (Phi) is 4.20. The fourth-order valence-corrected chi connectivity index (χ4v) is 3.02. The minimum Gasteiger partial charge on any atom is -0.485 e. The molecular weight excluding hydrogens is 316 g/mol. The van der Waals surface area contributed by atoms with Gasteiger partial charge in [-0.25, -0.2) is 0 Å². The third-order valence-electron chi connectivity index (χ3n) is 3.49. The number of aryl methyl sites for hydroxylation is 2. The number of hydrogen-bond acceptors (Lipinski definition) is 5. The van der Waals surface area contributed by atoms with Crippen molar-refractivity contribution < 1.29 is 19.1 Å². The van der Waals surface area contributed by atoms with Crippen molar-refractivity contribution in [3.05, 3.63) is 45.6 Å². The molecular formula is C16H16N2O4S. The molecule has 7 heteroatoms. The number of hydrogen-bond donors (Lipinski definition) is 2. The second-order valence-corrected chi connectivity index (χ2v) is 6.41. The molecule has 1 aliphatic rings. The van der Waals surface area contributed by atoms with Crippen LogP contribution in [0.5, 0.6) is 11.5 Å². The molecule has 0 fully saturated rings. The zero-order valence-electron chi connectivity index (χ0n) is 12.7. The predicted octanol–water partition coefficient (Wildman–Crippen LogP) is 1.97. The van der Waals surface area contributed by atoms with E-state index in [9.17, 15) is 9.59 Å². The average molecular weight is 332 g/mol. The van der Waals surface area contributed by atoms with Crippen LogP contribution in [0.2, 0.25) is 0 Å². The highest BCUT2D eigenvalue weighted by molar-refractivity contribution is 7.14. The first kappa shape index (κ1) is 15.4. The van der Waals surface area contributed by atoms with Gasteiger partial charge in [-0.15, -0.1) is 11.3 Å². The van der Waals surface area contributed by atoms with Gasteiger partial charge in [0.15, 0.2) is 11.5 Å². The summed E-state index contributed by atoms with van der Waals surface area (Å²) in [7, 11) is 0. The van der Waals surface area contributed by atoms with E-state index < -0.39 is 12.0 Å². The number of thiophene rings is 1. The third kappa shape index (κ3) is 3.29. The summed E-state index contributed by atoms with van der Waals surface area (Å²) in [4.78, 5) is 25.7. The number of rotatable bonds is 2. The second kappa shape index (κ2) is 6.29. The van der Waals surface area contributed by atoms with E-state index in [4.69, 9.17) is 9.47 Å². The third-order valence-corrected chi connectivity index (χ3v) is 4.64. The maximum Gasteiger partial charge on any atom is 0.283 e. The number of nitrogens with one attached hydrogen (secondary N) is 2. The highest BCUT2D eigenvalue weighted by Crippen LogP contribution is 2.30. The second-order valence-electron chi connectivity index (χ2n) is 5.16. The lowest BCUT2D eigenvalue weighted by Crippen LogP contribution is -2.50. The Balaban J connectivity index is 1.57. The largest absolute Gasteiger partial charge is 0.485 e. The van der Waals surface area contributed by atoms with Gasteiger partial charge in [-0.2, -0.15) is 0 Å². The first-order valence-electron chi connectivity index (χ1n) is 7.10. The quantitative estimate of drug-likeness (QED) is 0.824. The van der Waals surface area contributed by atoms with Crippen molar-refractivity contribution >= 4 is 23.2 Å². The van der Waals surface area contributed by atoms with Crippen LogP contribution in [0, 0.1) is 13.8 Å². The summed E-state index contributed by atoms with van der Waals surface area (Å²) in [5, 5.41) is 0. The highest BCUT2D eigenvalue weighted by atomic mass is 32.1. The molecule has 1 aromatic heterocycles. The first-order valence-corrected chi connectivity index (χ1v) is 7.92. The molecule has 0 saturated carbocycles. The lowest BCUT2D eigenvalue weighted by Gasteiger charge is -2.25. The topological polar surface area (TPSA) is 76.7 Å². The van der Waals surface area contributed by atoms with E-state index in [0.717, 1.165) is 10.4 Å². The molecule has 2 heterocycles. The summed E-state index contributed by atoms with van der Waals surface area (Å²) < 4.78 is 11.0. The SMILES string of the molecule is Cc1cc(C(=O)NNC(=O)[C@@H]2COc3ccccc3O2)sc1C. The smallest absolute Gasteiger partial charge is 0.283 e. The van der Waals surface area contributed by atoms with Crippen molar-refractivity contribution in [2.75, 3.05) is 6.61 Å². The number of ether oxygens (including phenoxy) is 2. The molecule has 0 unspecified atom stereocenters. The number of para-hydroxylation sites is 2. The summed E-state index contributed by atoms with van der Waals surface area (Å²) >= 11 is 1.38. The standard InChI is InChI=1S/C16H16N2O4S/c1-9-7-14(23-10(9)2)16(20)18-17-15(19)13-8-21-11-5-3-4-6-12(11)22-13/h3-7,13H,8H2,1-2H3,(H,17,19)(H,18,20)/t13-/m0/s1. The zero-order chi connectivity index (χ0) is 16.4. The van der Waals surface area contributed by atoms with Crippen molar-refractivity contribution in [1.29, 1.82) is 0 Å². The minimum absolute atomic E-state index is 0.0932. The zero-order valence-corrected chi connectivity index (χ0v) is 13.5. The minimum atomic E-state index is -0.808. The molecule has 0 bridgehead atoms. The van der Waals surface area contributed by atoms with E-state index in [1.807, 2.05) is 19.9 Å². The van der Waals surface area contributed by atoms with E-state index in [1.54, 1.807) is 24.3 Å². The van der Waals surface area contributed by atoms with Gasteiger partial charge < -0.3 is 9.47 Å². The van der Waals surface area contributed by atoms with Crippen molar-refractivity contribution in [3.63, 3.8) is 0 Å². The predicted molar refractivity (Wildman–Crippen MR) is 85.8 cm³/mol. The number of benzene rings is 1. The van der Waals surface area contributed by atoms with Crippen LogP contribution in [0.25, 0.3) is 0 Å². The molecule has 0 aliphatic carbocycles. The van der Waals surface area contributed by atoms with Crippen LogP contribution < -0.4 is 20.3 Å². The number of fused-ring (bicyclic) bond motifs is 1. The van der Waals surface area contributed by atoms with Crippen molar-refractivity contribution in [1.82, 2.24) is 10.9 Å². The molecule has 2 amide bonds. The van der Waals surface area contributed by atoms with Crippen LogP contribution in [0.3, 0.4) is 0 Å². The van der Waals surface area contributed by atoms with Crippen LogP contribution >= 0.6 is 11.3 Å². The Hall–Kier alpha value is -2.54. The molecule has 6 nitrogen and oxygen atoms in total. The Bertz CT molecular complexity index is 737. The van der Waals surface area contributed by atoms with Gasteiger partial charge in [-0.1, -0.05) is 12.1 Å². The van der Waals surface area contributed by atoms with Crippen molar-refractivity contribution in [2.24, 2.45) is 0 Å². The van der Waals surface area contributed by atoms with Crippen molar-refractivity contribution in [2.45, 2.75) is 20.0 Å². The fourth-order valence-electron chi connectivity index (χ4n) is 2.09. The number of hydrazine groups is 1. The normalized spacial score (nSPS) is 15.8. The van der Waals surface area contributed by atoms with Crippen LogP contribution in [-0.2, 0) is 4.79 Å². The van der Waals surface area contributed by atoms with Gasteiger partial charge in [-0.05, 0) is 37.6 Å². The molecule has 23 heavy (non-hydrogen) atoms. The van der Waals surface area contributed by atoms with Gasteiger partial charge in [0.05, 0.1) is 4.88 Å². The Morgan fingerprint density at radius 1 is 1.17 bits per heavy atom. The summed E-state index contributed by atoms with van der Waals surface area (Å²) in [6.07, 6.45) is -0.808. The van der Waals surface area contributed by atoms with E-state index in [-0.39, 0.29) is 12.5 Å². The van der Waals surface area contributed by atoms with Gasteiger partial charge in [0.1, 0.15) is 6.61 Å². The Morgan fingerprint density at radius 3 is 2.61 bits per heavy atom. The monoisotopic (exact) mass is 332 g/mol. The van der Waals surface area contributed by atoms with Crippen LogP contribution in [-0.4, -0.2) is 24.5 Å². The maximum atomic E-state index is 12.1. The first-order chi connectivity index (χ1) is 11.0. The molecule has 120 valence electrons. The summed E-state index contributed by atoms with van der Waals surface area (Å²) in [6.45, 7) is 3.97. The fraction of sp³-hybridized carbons (Fsp3) is 0.250. The molecule has 3 rings (SSSR count). The molecule has 0 radical (unpaired) electrons. The molecule has 2 N–H and O–H groups in total. The maximum absolute atomic E-state index is 12.1. The Morgan fingerprint density at radius 2 is 1.91 bits per heavy atom. The van der Waals surface area contributed by atoms with E-state index in [2.05, 4.69) is 10.9 Å². The van der Waals surface area contributed by atoms with Gasteiger partial charge in [-0.3, -0.25) is 20.4 Å². The molecule has 1 aromatic carbocycles. The van der Waals surface area contributed by atoms with Crippen LogP contribution in [0.1, 0.15) is 20.1 Å². The van der Waals surface area contributed by atoms with Crippen LogP contribution in [0.15, 0.2) is 30.3 Å². The summed E-state index contributed by atoms with van der Waals surface area (Å²) in [5.74, 6) is 0.300. The summed E-state index contributed by atoms with van der Waals surface area (Å²) in [5.41, 5.74) is 5.82. The van der Waals surface area contributed by atoms with E-state index >= 15 is 0 Å². The van der Waals surface area contributed by atoms with Gasteiger partial charge in [0.2, 0.25) is 6.10 Å². The van der Waals surface area contributed by atoms with Crippen LogP contribution in [0.4, 0.5) is 0 Å². The van der Waals surface area contributed by atoms with E-state index in [0.29, 0.717) is 16.4 Å². The highest BCUT2D eigenvalue weighted by Gasteiger charge is 2.27. The number of carbonyl (C=O) groups is 2. The lowest BCUT2D eigenvalue weighted by atomic mass is 10.2. The van der Waals surface area contributed by atoms with Gasteiger partial charge >= 0.3 is 0 Å². The molecule has 1 aliphatic heterocycles. The van der Waals surface area contributed by atoms with Gasteiger partial charge in [0.25, 0.3) is 11.8 Å². The summed E-state index contributed by atoms with van der Waals surface area (Å²) in [6, 6.07) is 8.91. The van der Waals surface area contributed by atoms with E-state index in [1.165, 1.54) is 11.3 Å². The molecule has 0 spiro atoms. The lowest BCUT2D eigenvalue weighted by molar-refractivity contribution is -0.131. The number of carbonyl (C=O) groups excluding carboxylic acids is 2. The van der Waals surface area contributed by atoms with Crippen molar-refractivity contribution in [3.8, 4) is 11.5 Å². The number of amides is 2. The van der Waals surface area contributed by atoms with Gasteiger partial charge in [0, 0.05) is 4.88 Å². The Labute approximate surface area is 137 Å².